The van der Waals surface area contributed by atoms with Gasteiger partial charge in [0.1, 0.15) is 0 Å². The summed E-state index contributed by atoms with van der Waals surface area (Å²) in [5, 5.41) is 1.77. The smallest absolute Gasteiger partial charge is 0.266 e. The molecule has 6 heteroatoms. The lowest BCUT2D eigenvalue weighted by molar-refractivity contribution is -0.121. The summed E-state index contributed by atoms with van der Waals surface area (Å²) in [4.78, 5) is 18.1. The first-order chi connectivity index (χ1) is 8.52. The second-order valence-electron chi connectivity index (χ2n) is 3.65. The number of thioether (sulfide) groups is 1. The number of benzene rings is 1. The second kappa shape index (κ2) is 5.34. The number of hydrogen-bond acceptors (Lipinski definition) is 3. The van der Waals surface area contributed by atoms with Crippen LogP contribution >= 0.6 is 35.0 Å². The highest BCUT2D eigenvalue weighted by Crippen LogP contribution is 2.33. The topological polar surface area (TPSA) is 32.7 Å². The molecule has 1 fully saturated rings. The highest BCUT2D eigenvalue weighted by Gasteiger charge is 2.29. The number of carbonyl (C=O) groups is 1. The molecule has 1 saturated heterocycles. The summed E-state index contributed by atoms with van der Waals surface area (Å²) in [6.07, 6.45) is 1.75. The summed E-state index contributed by atoms with van der Waals surface area (Å²) < 4.78 is 0. The lowest BCUT2D eigenvalue weighted by Crippen LogP contribution is -2.23. The van der Waals surface area contributed by atoms with Crippen molar-refractivity contribution in [2.24, 2.45) is 4.99 Å². The van der Waals surface area contributed by atoms with Gasteiger partial charge in [0.05, 0.1) is 4.91 Å². The van der Waals surface area contributed by atoms with Crippen LogP contribution in [0.2, 0.25) is 10.0 Å². The first-order valence-corrected chi connectivity index (χ1v) is 6.69. The molecule has 0 radical (unpaired) electrons. The molecule has 1 aliphatic heterocycles. The normalized spacial score (nSPS) is 20.2. The van der Waals surface area contributed by atoms with E-state index in [1.54, 1.807) is 38.4 Å². The van der Waals surface area contributed by atoms with Gasteiger partial charge in [-0.25, -0.2) is 0 Å². The Morgan fingerprint density at radius 2 is 2.11 bits per heavy atom. The number of rotatable bonds is 1. The van der Waals surface area contributed by atoms with Crippen LogP contribution in [-0.2, 0) is 4.79 Å². The minimum Gasteiger partial charge on any atom is -0.290 e. The van der Waals surface area contributed by atoms with Crippen LogP contribution in [0.15, 0.2) is 28.1 Å². The largest absolute Gasteiger partial charge is 0.290 e. The van der Waals surface area contributed by atoms with E-state index in [0.717, 1.165) is 5.56 Å². The predicted octanol–water partition coefficient (Wildman–Crippen LogP) is 3.53. The fourth-order valence-electron chi connectivity index (χ4n) is 1.51. The van der Waals surface area contributed by atoms with Gasteiger partial charge < -0.3 is 0 Å². The number of amides is 1. The van der Waals surface area contributed by atoms with Crippen LogP contribution in [0.4, 0.5) is 0 Å². The van der Waals surface area contributed by atoms with Gasteiger partial charge in [-0.05, 0) is 35.5 Å². The zero-order valence-corrected chi connectivity index (χ0v) is 12.1. The van der Waals surface area contributed by atoms with Crippen molar-refractivity contribution in [1.29, 1.82) is 0 Å². The Hall–Kier alpha value is -0.970. The van der Waals surface area contributed by atoms with Gasteiger partial charge in [0.15, 0.2) is 5.17 Å². The number of hydrogen-bond donors (Lipinski definition) is 0. The molecule has 1 aliphatic rings. The Kier molecular flexibility index (Phi) is 4.00. The molecule has 0 bridgehead atoms. The van der Waals surface area contributed by atoms with E-state index in [4.69, 9.17) is 23.2 Å². The zero-order chi connectivity index (χ0) is 13.3. The van der Waals surface area contributed by atoms with Crippen molar-refractivity contribution in [3.8, 4) is 0 Å². The molecule has 1 aromatic rings. The number of aliphatic imine (C=N–C) groups is 1. The third-order valence-corrected chi connectivity index (χ3v) is 4.16. The third kappa shape index (κ3) is 2.55. The van der Waals surface area contributed by atoms with Crippen molar-refractivity contribution in [2.75, 3.05) is 14.1 Å². The van der Waals surface area contributed by atoms with Crippen LogP contribution in [0, 0.1) is 0 Å². The van der Waals surface area contributed by atoms with Crippen molar-refractivity contribution in [3.63, 3.8) is 0 Å². The number of nitrogens with zero attached hydrogens (tertiary/aromatic N) is 2. The molecule has 0 spiro atoms. The molecule has 0 unspecified atom stereocenters. The van der Waals surface area contributed by atoms with Crippen molar-refractivity contribution in [1.82, 2.24) is 4.90 Å². The van der Waals surface area contributed by atoms with Crippen molar-refractivity contribution in [2.45, 2.75) is 0 Å². The summed E-state index contributed by atoms with van der Waals surface area (Å²) >= 11 is 13.2. The second-order valence-corrected chi connectivity index (χ2v) is 5.50. The Morgan fingerprint density at radius 3 is 2.67 bits per heavy atom. The van der Waals surface area contributed by atoms with Gasteiger partial charge in [-0.1, -0.05) is 29.3 Å². The molecule has 0 aromatic heterocycles. The maximum atomic E-state index is 11.9. The molecule has 94 valence electrons. The molecular formula is C12H10Cl2N2OS. The fourth-order valence-corrected chi connectivity index (χ4v) is 2.89. The van der Waals surface area contributed by atoms with Crippen molar-refractivity contribution in [3.05, 3.63) is 38.7 Å². The van der Waals surface area contributed by atoms with Gasteiger partial charge in [0, 0.05) is 24.1 Å². The average Bonchev–Trinajstić information content (AvgIpc) is 2.60. The average molecular weight is 301 g/mol. The summed E-state index contributed by atoms with van der Waals surface area (Å²) in [5.41, 5.74) is 0.766. The van der Waals surface area contributed by atoms with Crippen LogP contribution < -0.4 is 0 Å². The summed E-state index contributed by atoms with van der Waals surface area (Å²) in [6, 6.07) is 5.17. The van der Waals surface area contributed by atoms with Gasteiger partial charge in [-0.15, -0.1) is 0 Å². The Morgan fingerprint density at radius 1 is 1.39 bits per heavy atom. The minimum atomic E-state index is -0.0772. The fraction of sp³-hybridized carbons (Fsp3) is 0.167. The van der Waals surface area contributed by atoms with Crippen molar-refractivity contribution < 1.29 is 4.79 Å². The third-order valence-electron chi connectivity index (χ3n) is 2.44. The molecule has 2 rings (SSSR count). The summed E-state index contributed by atoms with van der Waals surface area (Å²) in [7, 11) is 3.35. The molecule has 0 saturated carbocycles. The lowest BCUT2D eigenvalue weighted by Gasteiger charge is -2.05. The SMILES string of the molecule is CN=C1S/C(=C/c2ccc(Cl)cc2Cl)C(=O)N1C. The standard InChI is InChI=1S/C12H10Cl2N2OS/c1-15-12-16(2)11(17)10(18-12)5-7-3-4-8(13)6-9(7)14/h3-6H,1-2H3/b10-5+,15-12?. The van der Waals surface area contributed by atoms with E-state index >= 15 is 0 Å². The molecule has 1 aromatic carbocycles. The van der Waals surface area contributed by atoms with Crippen LogP contribution in [-0.4, -0.2) is 30.1 Å². The quantitative estimate of drug-likeness (QED) is 0.743. The first kappa shape index (κ1) is 13.5. The van der Waals surface area contributed by atoms with E-state index in [-0.39, 0.29) is 5.91 Å². The molecule has 1 heterocycles. The molecule has 1 amide bonds. The van der Waals surface area contributed by atoms with Crippen LogP contribution in [0.5, 0.6) is 0 Å². The van der Waals surface area contributed by atoms with E-state index in [0.29, 0.717) is 20.1 Å². The van der Waals surface area contributed by atoms with Crippen molar-refractivity contribution >= 4 is 52.1 Å². The molecule has 18 heavy (non-hydrogen) atoms. The zero-order valence-electron chi connectivity index (χ0n) is 9.78. The van der Waals surface area contributed by atoms with Crippen LogP contribution in [0.1, 0.15) is 5.56 Å². The molecule has 0 N–H and O–H groups in total. The highest BCUT2D eigenvalue weighted by atomic mass is 35.5. The molecule has 0 aliphatic carbocycles. The van der Waals surface area contributed by atoms with Crippen LogP contribution in [0.25, 0.3) is 6.08 Å². The first-order valence-electron chi connectivity index (χ1n) is 5.12. The van der Waals surface area contributed by atoms with Gasteiger partial charge in [-0.2, -0.15) is 0 Å². The van der Waals surface area contributed by atoms with Gasteiger partial charge in [0.25, 0.3) is 5.91 Å². The Balaban J connectivity index is 2.38. The van der Waals surface area contributed by atoms with E-state index in [1.807, 2.05) is 0 Å². The van der Waals surface area contributed by atoms with E-state index in [2.05, 4.69) is 4.99 Å². The molecule has 3 nitrogen and oxygen atoms in total. The van der Waals surface area contributed by atoms with Gasteiger partial charge >= 0.3 is 0 Å². The predicted molar refractivity (Wildman–Crippen MR) is 78.2 cm³/mol. The molecular weight excluding hydrogens is 291 g/mol. The van der Waals surface area contributed by atoms with Gasteiger partial charge in [-0.3, -0.25) is 14.7 Å². The maximum Gasteiger partial charge on any atom is 0.266 e. The van der Waals surface area contributed by atoms with E-state index in [9.17, 15) is 4.79 Å². The van der Waals surface area contributed by atoms with E-state index in [1.165, 1.54) is 16.7 Å². The monoisotopic (exact) mass is 300 g/mol. The summed E-state index contributed by atoms with van der Waals surface area (Å²) in [6.45, 7) is 0. The lowest BCUT2D eigenvalue weighted by atomic mass is 10.2. The Labute approximate surface area is 119 Å². The van der Waals surface area contributed by atoms with Crippen LogP contribution in [0.3, 0.4) is 0 Å². The number of likely N-dealkylation sites (N-methyl/N-ethyl adjacent to an activating group) is 1. The Bertz CT molecular complexity index is 569. The maximum absolute atomic E-state index is 11.9. The minimum absolute atomic E-state index is 0.0772. The molecule has 0 atom stereocenters. The van der Waals surface area contributed by atoms with Gasteiger partial charge in [0.2, 0.25) is 0 Å². The number of carbonyl (C=O) groups excluding carboxylic acids is 1. The summed E-state index contributed by atoms with van der Waals surface area (Å²) in [5.74, 6) is -0.0772. The highest BCUT2D eigenvalue weighted by molar-refractivity contribution is 8.18. The number of halogens is 2. The van der Waals surface area contributed by atoms with E-state index < -0.39 is 0 Å². The number of amidine groups is 1.